The Bertz CT molecular complexity index is 311. The zero-order valence-electron chi connectivity index (χ0n) is 6.32. The fourth-order valence-corrected chi connectivity index (χ4v) is 0.884. The summed E-state index contributed by atoms with van der Waals surface area (Å²) in [7, 11) is 0. The Labute approximate surface area is 70.4 Å². The fourth-order valence-electron chi connectivity index (χ4n) is 0.884. The molecule has 0 atom stereocenters. The molecule has 12 heavy (non-hydrogen) atoms. The number of nitriles is 2. The van der Waals surface area contributed by atoms with Gasteiger partial charge in [0.15, 0.2) is 0 Å². The summed E-state index contributed by atoms with van der Waals surface area (Å²) in [5.41, 5.74) is 0.738. The van der Waals surface area contributed by atoms with Crippen molar-refractivity contribution in [3.8, 4) is 18.1 Å². The molecule has 0 aliphatic carbocycles. The molecule has 1 aromatic carbocycles. The van der Waals surface area contributed by atoms with E-state index in [4.69, 9.17) is 10.5 Å². The summed E-state index contributed by atoms with van der Waals surface area (Å²) in [5.74, 6) is 0.460. The van der Waals surface area contributed by atoms with Gasteiger partial charge in [0.1, 0.15) is 5.75 Å². The quantitative estimate of drug-likeness (QED) is 0.614. The molecule has 1 rings (SSSR count). The third-order valence-electron chi connectivity index (χ3n) is 1.40. The molecule has 58 valence electrons. The molecule has 0 bridgehead atoms. The summed E-state index contributed by atoms with van der Waals surface area (Å²) in [6.45, 7) is 0. The van der Waals surface area contributed by atoms with Crippen LogP contribution in [0.3, 0.4) is 0 Å². The minimum absolute atomic E-state index is 0.262. The Kier molecular flexibility index (Phi) is 2.70. The third-order valence-corrected chi connectivity index (χ3v) is 1.40. The molecular weight excluding hydrogens is 152 g/mol. The molecule has 0 N–H and O–H groups in total. The maximum Gasteiger partial charge on any atom is 0.292 e. The summed E-state index contributed by atoms with van der Waals surface area (Å²) in [5, 5.41) is 16.7. The number of ether oxygens (including phenoxy) is 1. The molecule has 3 nitrogen and oxygen atoms in total. The first-order chi connectivity index (χ1) is 5.88. The second-order valence-corrected chi connectivity index (χ2v) is 2.14. The van der Waals surface area contributed by atoms with E-state index in [0.717, 1.165) is 5.56 Å². The first-order valence-electron chi connectivity index (χ1n) is 3.39. The van der Waals surface area contributed by atoms with Gasteiger partial charge in [-0.05, 0) is 6.07 Å². The molecule has 1 aromatic rings. The molecule has 0 aliphatic heterocycles. The molecule has 0 heterocycles. The third kappa shape index (κ3) is 1.74. The largest absolute Gasteiger partial charge is 0.388 e. The highest BCUT2D eigenvalue weighted by atomic mass is 16.5. The highest BCUT2D eigenvalue weighted by molar-refractivity contribution is 5.35. The maximum absolute atomic E-state index is 8.42. The minimum atomic E-state index is 0.262. The predicted molar refractivity (Wildman–Crippen MR) is 42.0 cm³/mol. The molecule has 0 unspecified atom stereocenters. The van der Waals surface area contributed by atoms with Gasteiger partial charge in [0, 0.05) is 5.56 Å². The highest BCUT2D eigenvalue weighted by Crippen LogP contribution is 2.17. The van der Waals surface area contributed by atoms with Gasteiger partial charge in [0.2, 0.25) is 0 Å². The van der Waals surface area contributed by atoms with Gasteiger partial charge in [-0.3, -0.25) is 0 Å². The lowest BCUT2D eigenvalue weighted by molar-refractivity contribution is 0.502. The van der Waals surface area contributed by atoms with Crippen LogP contribution in [0.5, 0.6) is 5.75 Å². The van der Waals surface area contributed by atoms with Crippen LogP contribution in [0.2, 0.25) is 0 Å². The van der Waals surface area contributed by atoms with Crippen LogP contribution < -0.4 is 4.74 Å². The average molecular weight is 158 g/mol. The predicted octanol–water partition coefficient (Wildman–Crippen LogP) is 1.61. The van der Waals surface area contributed by atoms with Crippen LogP contribution in [0.15, 0.2) is 24.3 Å². The number of hydrogen-bond donors (Lipinski definition) is 0. The van der Waals surface area contributed by atoms with E-state index in [-0.39, 0.29) is 6.42 Å². The lowest BCUT2D eigenvalue weighted by Gasteiger charge is -1.99. The molecule has 0 spiro atoms. The van der Waals surface area contributed by atoms with Crippen molar-refractivity contribution in [1.29, 1.82) is 10.5 Å². The van der Waals surface area contributed by atoms with E-state index >= 15 is 0 Å². The van der Waals surface area contributed by atoms with Crippen molar-refractivity contribution in [3.63, 3.8) is 0 Å². The van der Waals surface area contributed by atoms with E-state index in [1.807, 2.05) is 6.07 Å². The molecule has 0 saturated heterocycles. The lowest BCUT2D eigenvalue weighted by Crippen LogP contribution is -1.89. The average Bonchev–Trinajstić information content (AvgIpc) is 2.09. The van der Waals surface area contributed by atoms with Crippen LogP contribution in [-0.4, -0.2) is 0 Å². The van der Waals surface area contributed by atoms with Crippen LogP contribution >= 0.6 is 0 Å². The smallest absolute Gasteiger partial charge is 0.292 e. The Balaban J connectivity index is 2.95. The summed E-state index contributed by atoms with van der Waals surface area (Å²) in [4.78, 5) is 0. The molecule has 0 amide bonds. The number of benzene rings is 1. The number of rotatable bonds is 2. The Hall–Kier alpha value is -2.00. The molecule has 0 aromatic heterocycles. The second-order valence-electron chi connectivity index (χ2n) is 2.14. The van der Waals surface area contributed by atoms with Gasteiger partial charge in [0.25, 0.3) is 6.26 Å². The van der Waals surface area contributed by atoms with E-state index in [1.54, 1.807) is 30.5 Å². The molecule has 0 radical (unpaired) electrons. The van der Waals surface area contributed by atoms with Gasteiger partial charge < -0.3 is 4.74 Å². The number of hydrogen-bond acceptors (Lipinski definition) is 3. The minimum Gasteiger partial charge on any atom is -0.388 e. The van der Waals surface area contributed by atoms with Crippen molar-refractivity contribution in [2.24, 2.45) is 0 Å². The fraction of sp³-hybridized carbons (Fsp3) is 0.111. The number of nitrogens with zero attached hydrogens (tertiary/aromatic N) is 2. The van der Waals surface area contributed by atoms with Crippen molar-refractivity contribution in [2.45, 2.75) is 6.42 Å². The number of para-hydroxylation sites is 1. The van der Waals surface area contributed by atoms with Gasteiger partial charge in [0.05, 0.1) is 12.5 Å². The normalized spacial score (nSPS) is 8.17. The van der Waals surface area contributed by atoms with Gasteiger partial charge in [-0.2, -0.15) is 5.26 Å². The second kappa shape index (κ2) is 4.00. The molecular formula is C9H6N2O. The summed E-state index contributed by atoms with van der Waals surface area (Å²) in [6, 6.07) is 8.98. The zero-order chi connectivity index (χ0) is 8.81. The van der Waals surface area contributed by atoms with E-state index < -0.39 is 0 Å². The Morgan fingerprint density at radius 2 is 2.00 bits per heavy atom. The Morgan fingerprint density at radius 3 is 2.67 bits per heavy atom. The van der Waals surface area contributed by atoms with Crippen LogP contribution in [0.4, 0.5) is 0 Å². The van der Waals surface area contributed by atoms with Crippen LogP contribution in [0.1, 0.15) is 5.56 Å². The van der Waals surface area contributed by atoms with Crippen molar-refractivity contribution >= 4 is 0 Å². The van der Waals surface area contributed by atoms with Gasteiger partial charge in [-0.25, -0.2) is 0 Å². The molecule has 0 aliphatic rings. The first-order valence-corrected chi connectivity index (χ1v) is 3.39. The van der Waals surface area contributed by atoms with Crippen molar-refractivity contribution < 1.29 is 4.74 Å². The van der Waals surface area contributed by atoms with E-state index in [2.05, 4.69) is 4.74 Å². The topological polar surface area (TPSA) is 56.8 Å². The summed E-state index contributed by atoms with van der Waals surface area (Å²) in [6.07, 6.45) is 1.84. The van der Waals surface area contributed by atoms with Crippen LogP contribution in [-0.2, 0) is 6.42 Å². The van der Waals surface area contributed by atoms with E-state index in [0.29, 0.717) is 5.75 Å². The van der Waals surface area contributed by atoms with Crippen LogP contribution in [0, 0.1) is 22.8 Å². The summed E-state index contributed by atoms with van der Waals surface area (Å²) < 4.78 is 4.64. The van der Waals surface area contributed by atoms with Gasteiger partial charge in [-0.1, -0.05) is 18.2 Å². The van der Waals surface area contributed by atoms with Gasteiger partial charge >= 0.3 is 0 Å². The molecule has 0 saturated carbocycles. The van der Waals surface area contributed by atoms with Crippen molar-refractivity contribution in [1.82, 2.24) is 0 Å². The standard InChI is InChI=1S/C9H6N2O/c10-6-5-8-3-1-2-4-9(8)12-7-11/h1-4H,5H2. The van der Waals surface area contributed by atoms with Gasteiger partial charge in [-0.15, -0.1) is 5.26 Å². The highest BCUT2D eigenvalue weighted by Gasteiger charge is 2.00. The lowest BCUT2D eigenvalue weighted by atomic mass is 10.1. The van der Waals surface area contributed by atoms with E-state index in [9.17, 15) is 0 Å². The Morgan fingerprint density at radius 1 is 1.25 bits per heavy atom. The summed E-state index contributed by atoms with van der Waals surface area (Å²) >= 11 is 0. The van der Waals surface area contributed by atoms with Crippen molar-refractivity contribution in [2.75, 3.05) is 0 Å². The van der Waals surface area contributed by atoms with E-state index in [1.165, 1.54) is 0 Å². The molecule has 0 fully saturated rings. The first kappa shape index (κ1) is 8.10. The monoisotopic (exact) mass is 158 g/mol. The zero-order valence-corrected chi connectivity index (χ0v) is 6.32. The maximum atomic E-state index is 8.42. The van der Waals surface area contributed by atoms with Crippen molar-refractivity contribution in [3.05, 3.63) is 29.8 Å². The SMILES string of the molecule is N#CCc1ccccc1OC#N. The van der Waals surface area contributed by atoms with Crippen LogP contribution in [0.25, 0.3) is 0 Å². The molecule has 3 heteroatoms.